The quantitative estimate of drug-likeness (QED) is 0.641. The molecule has 0 amide bonds. The van der Waals surface area contributed by atoms with E-state index in [1.165, 1.54) is 6.07 Å². The Bertz CT molecular complexity index is 539. The van der Waals surface area contributed by atoms with E-state index in [-0.39, 0.29) is 11.5 Å². The molecule has 0 spiro atoms. The number of hydrogen-bond acceptors (Lipinski definition) is 3. The van der Waals surface area contributed by atoms with Crippen LogP contribution in [-0.4, -0.2) is 17.3 Å². The van der Waals surface area contributed by atoms with Gasteiger partial charge in [0.1, 0.15) is 17.3 Å². The lowest BCUT2D eigenvalue weighted by atomic mass is 10.1. The summed E-state index contributed by atoms with van der Waals surface area (Å²) in [7, 11) is 1.58. The molecule has 0 saturated heterocycles. The summed E-state index contributed by atoms with van der Waals surface area (Å²) < 4.78 is 5.32. The molecule has 18 heavy (non-hydrogen) atoms. The molecule has 0 bridgehead atoms. The normalized spacial score (nSPS) is 11.3. The minimum absolute atomic E-state index is 0.0183. The minimum Gasteiger partial charge on any atom is -0.508 e. The van der Waals surface area contributed by atoms with E-state index in [4.69, 9.17) is 4.74 Å². The Balaban J connectivity index is 2.41. The van der Waals surface area contributed by atoms with E-state index in [0.717, 1.165) is 5.56 Å². The van der Waals surface area contributed by atoms with Crippen LogP contribution in [0.5, 0.6) is 11.5 Å². The lowest BCUT2D eigenvalue weighted by Gasteiger charge is -2.07. The molecule has 0 aliphatic heterocycles. The molecule has 0 heterocycles. The van der Waals surface area contributed by atoms with Crippen LogP contribution in [0.25, 0.3) is 11.8 Å². The summed E-state index contributed by atoms with van der Waals surface area (Å²) in [5.74, 6) is 0.704. The van der Waals surface area contributed by atoms with Crippen molar-refractivity contribution in [2.24, 2.45) is 0 Å². The maximum absolute atomic E-state index is 9.42. The number of rotatable bonds is 3. The molecule has 2 aromatic carbocycles. The molecular formula is C15H14O3. The number of hydrogen-bond donors (Lipinski definition) is 2. The van der Waals surface area contributed by atoms with Gasteiger partial charge in [-0.2, -0.15) is 0 Å². The van der Waals surface area contributed by atoms with Crippen LogP contribution in [0.1, 0.15) is 11.1 Å². The fraction of sp³-hybridized carbons (Fsp3) is 0.0667. The molecule has 2 rings (SSSR count). The summed E-state index contributed by atoms with van der Waals surface area (Å²) in [6.07, 6.45) is 1.76. The first-order valence-corrected chi connectivity index (χ1v) is 5.53. The highest BCUT2D eigenvalue weighted by molar-refractivity contribution is 5.78. The van der Waals surface area contributed by atoms with Crippen LogP contribution < -0.4 is 0 Å². The predicted octanol–water partition coefficient (Wildman–Crippen LogP) is 3.24. The van der Waals surface area contributed by atoms with Gasteiger partial charge < -0.3 is 14.9 Å². The summed E-state index contributed by atoms with van der Waals surface area (Å²) in [5.41, 5.74) is 1.61. The van der Waals surface area contributed by atoms with Crippen LogP contribution in [0.2, 0.25) is 0 Å². The van der Waals surface area contributed by atoms with Crippen molar-refractivity contribution in [2.75, 3.05) is 7.11 Å². The largest absolute Gasteiger partial charge is 0.508 e. The SMILES string of the molecule is COC(=Cc1cc(O)cc(O)c1)c1ccccc1. The number of ether oxygens (including phenoxy) is 1. The Labute approximate surface area is 106 Å². The van der Waals surface area contributed by atoms with Crippen molar-refractivity contribution < 1.29 is 14.9 Å². The van der Waals surface area contributed by atoms with Gasteiger partial charge in [-0.3, -0.25) is 0 Å². The first-order chi connectivity index (χ1) is 8.69. The molecular weight excluding hydrogens is 228 g/mol. The summed E-state index contributed by atoms with van der Waals surface area (Å²) in [6.45, 7) is 0. The fourth-order valence-corrected chi connectivity index (χ4v) is 1.72. The average molecular weight is 242 g/mol. The third-order valence-electron chi connectivity index (χ3n) is 2.50. The molecule has 92 valence electrons. The Morgan fingerprint density at radius 1 is 1.00 bits per heavy atom. The number of benzene rings is 2. The monoisotopic (exact) mass is 242 g/mol. The first-order valence-electron chi connectivity index (χ1n) is 5.53. The highest BCUT2D eigenvalue weighted by Crippen LogP contribution is 2.24. The van der Waals surface area contributed by atoms with Crippen LogP contribution >= 0.6 is 0 Å². The summed E-state index contributed by atoms with van der Waals surface area (Å²) in [4.78, 5) is 0. The van der Waals surface area contributed by atoms with E-state index in [0.29, 0.717) is 11.3 Å². The summed E-state index contributed by atoms with van der Waals surface area (Å²) >= 11 is 0. The van der Waals surface area contributed by atoms with Crippen molar-refractivity contribution in [1.82, 2.24) is 0 Å². The lowest BCUT2D eigenvalue weighted by Crippen LogP contribution is -1.87. The fourth-order valence-electron chi connectivity index (χ4n) is 1.72. The zero-order chi connectivity index (χ0) is 13.0. The third-order valence-corrected chi connectivity index (χ3v) is 2.50. The molecule has 3 heteroatoms. The topological polar surface area (TPSA) is 49.7 Å². The Morgan fingerprint density at radius 3 is 2.17 bits per heavy atom. The van der Waals surface area contributed by atoms with Gasteiger partial charge in [0.05, 0.1) is 7.11 Å². The standard InChI is InChI=1S/C15H14O3/c1-18-15(12-5-3-2-4-6-12)9-11-7-13(16)10-14(17)8-11/h2-10,16-17H,1H3. The van der Waals surface area contributed by atoms with Crippen molar-refractivity contribution in [2.45, 2.75) is 0 Å². The van der Waals surface area contributed by atoms with Gasteiger partial charge in [-0.1, -0.05) is 30.3 Å². The summed E-state index contributed by atoms with van der Waals surface area (Å²) in [5, 5.41) is 18.8. The van der Waals surface area contributed by atoms with Gasteiger partial charge >= 0.3 is 0 Å². The second-order valence-electron chi connectivity index (χ2n) is 3.86. The number of phenolic OH excluding ortho intramolecular Hbond substituents is 2. The highest BCUT2D eigenvalue weighted by Gasteiger charge is 2.02. The van der Waals surface area contributed by atoms with Gasteiger partial charge in [-0.05, 0) is 23.8 Å². The molecule has 0 aliphatic rings. The maximum atomic E-state index is 9.42. The third kappa shape index (κ3) is 2.83. The molecule has 0 saturated carbocycles. The molecule has 0 aromatic heterocycles. The zero-order valence-electron chi connectivity index (χ0n) is 10.00. The summed E-state index contributed by atoms with van der Waals surface area (Å²) in [6, 6.07) is 14.0. The minimum atomic E-state index is 0.0183. The Hall–Kier alpha value is -2.42. The van der Waals surface area contributed by atoms with Gasteiger partial charge in [0, 0.05) is 11.6 Å². The second kappa shape index (κ2) is 5.27. The van der Waals surface area contributed by atoms with Crippen molar-refractivity contribution in [1.29, 1.82) is 0 Å². The molecule has 0 radical (unpaired) electrons. The average Bonchev–Trinajstić information content (AvgIpc) is 2.36. The van der Waals surface area contributed by atoms with Crippen molar-refractivity contribution in [3.8, 4) is 11.5 Å². The van der Waals surface area contributed by atoms with Crippen LogP contribution in [0.4, 0.5) is 0 Å². The van der Waals surface area contributed by atoms with E-state index >= 15 is 0 Å². The molecule has 0 unspecified atom stereocenters. The van der Waals surface area contributed by atoms with Gasteiger partial charge in [0.15, 0.2) is 0 Å². The highest BCUT2D eigenvalue weighted by atomic mass is 16.5. The predicted molar refractivity (Wildman–Crippen MR) is 71.1 cm³/mol. The zero-order valence-corrected chi connectivity index (χ0v) is 10.00. The van der Waals surface area contributed by atoms with Crippen LogP contribution in [0.15, 0.2) is 48.5 Å². The van der Waals surface area contributed by atoms with E-state index in [1.807, 2.05) is 30.3 Å². The van der Waals surface area contributed by atoms with Crippen LogP contribution in [0, 0.1) is 0 Å². The number of methoxy groups -OCH3 is 1. The van der Waals surface area contributed by atoms with Crippen molar-refractivity contribution >= 4 is 11.8 Å². The van der Waals surface area contributed by atoms with E-state index in [2.05, 4.69) is 0 Å². The lowest BCUT2D eigenvalue weighted by molar-refractivity contribution is 0.372. The van der Waals surface area contributed by atoms with Gasteiger partial charge in [-0.25, -0.2) is 0 Å². The van der Waals surface area contributed by atoms with Crippen LogP contribution in [0.3, 0.4) is 0 Å². The Kier molecular flexibility index (Phi) is 3.53. The molecule has 0 fully saturated rings. The van der Waals surface area contributed by atoms with Gasteiger partial charge in [0.2, 0.25) is 0 Å². The first kappa shape index (κ1) is 12.0. The molecule has 2 aromatic rings. The van der Waals surface area contributed by atoms with E-state index < -0.39 is 0 Å². The van der Waals surface area contributed by atoms with E-state index in [1.54, 1.807) is 25.3 Å². The second-order valence-corrected chi connectivity index (χ2v) is 3.86. The maximum Gasteiger partial charge on any atom is 0.126 e. The smallest absolute Gasteiger partial charge is 0.126 e. The molecule has 3 nitrogen and oxygen atoms in total. The van der Waals surface area contributed by atoms with Crippen molar-refractivity contribution in [3.63, 3.8) is 0 Å². The molecule has 0 atom stereocenters. The Morgan fingerprint density at radius 2 is 1.61 bits per heavy atom. The molecule has 2 N–H and O–H groups in total. The number of phenols is 2. The van der Waals surface area contributed by atoms with Crippen LogP contribution in [-0.2, 0) is 4.74 Å². The van der Waals surface area contributed by atoms with E-state index in [9.17, 15) is 10.2 Å². The van der Waals surface area contributed by atoms with Gasteiger partial charge in [-0.15, -0.1) is 0 Å². The number of aromatic hydroxyl groups is 2. The molecule has 0 aliphatic carbocycles. The van der Waals surface area contributed by atoms with Crippen molar-refractivity contribution in [3.05, 3.63) is 59.7 Å². The van der Waals surface area contributed by atoms with Gasteiger partial charge in [0.25, 0.3) is 0 Å².